The summed E-state index contributed by atoms with van der Waals surface area (Å²) in [5, 5.41) is 6.59. The van der Waals surface area contributed by atoms with E-state index in [4.69, 9.17) is 9.73 Å². The van der Waals surface area contributed by atoms with Crippen molar-refractivity contribution in [2.24, 2.45) is 4.99 Å². The fraction of sp³-hybridized carbons (Fsp3) is 0.591. The van der Waals surface area contributed by atoms with Crippen LogP contribution in [0.3, 0.4) is 0 Å². The van der Waals surface area contributed by atoms with Crippen molar-refractivity contribution in [2.45, 2.75) is 45.7 Å². The Morgan fingerprint density at radius 3 is 2.43 bits per heavy atom. The number of carbonyl (C=O) groups excluding carboxylic acids is 2. The summed E-state index contributed by atoms with van der Waals surface area (Å²) in [6.07, 6.45) is 2.29. The summed E-state index contributed by atoms with van der Waals surface area (Å²) < 4.78 is 5.08. The molecule has 1 aliphatic rings. The van der Waals surface area contributed by atoms with Crippen molar-refractivity contribution in [2.75, 3.05) is 40.3 Å². The minimum atomic E-state index is -0.254. The molecule has 1 heterocycles. The highest BCUT2D eigenvalue weighted by atomic mass is 16.6. The number of benzene rings is 1. The molecule has 30 heavy (non-hydrogen) atoms. The van der Waals surface area contributed by atoms with Crippen molar-refractivity contribution in [3.05, 3.63) is 35.4 Å². The number of nitrogens with one attached hydrogen (secondary N) is 2. The van der Waals surface area contributed by atoms with Gasteiger partial charge in [0.25, 0.3) is 0 Å². The highest BCUT2D eigenvalue weighted by Crippen LogP contribution is 2.13. The van der Waals surface area contributed by atoms with Gasteiger partial charge in [-0.3, -0.25) is 4.79 Å². The summed E-state index contributed by atoms with van der Waals surface area (Å²) in [5.41, 5.74) is 2.45. The van der Waals surface area contributed by atoms with E-state index in [0.717, 1.165) is 19.3 Å². The lowest BCUT2D eigenvalue weighted by atomic mass is 10.1. The summed E-state index contributed by atoms with van der Waals surface area (Å²) in [4.78, 5) is 31.9. The van der Waals surface area contributed by atoms with Crippen molar-refractivity contribution >= 4 is 18.0 Å². The van der Waals surface area contributed by atoms with E-state index in [1.807, 2.05) is 19.1 Å². The summed E-state index contributed by atoms with van der Waals surface area (Å²) >= 11 is 0. The number of guanidine groups is 1. The molecule has 0 aliphatic carbocycles. The summed E-state index contributed by atoms with van der Waals surface area (Å²) in [6.45, 7) is 6.32. The highest BCUT2D eigenvalue weighted by molar-refractivity contribution is 5.86. The number of rotatable bonds is 7. The van der Waals surface area contributed by atoms with E-state index in [9.17, 15) is 9.59 Å². The second-order valence-electron chi connectivity index (χ2n) is 7.53. The zero-order chi connectivity index (χ0) is 21.9. The fourth-order valence-corrected chi connectivity index (χ4v) is 3.31. The van der Waals surface area contributed by atoms with E-state index in [0.29, 0.717) is 32.2 Å². The predicted molar refractivity (Wildman–Crippen MR) is 118 cm³/mol. The number of hydrogen-bond donors (Lipinski definition) is 2. The van der Waals surface area contributed by atoms with E-state index >= 15 is 0 Å². The van der Waals surface area contributed by atoms with Gasteiger partial charge >= 0.3 is 6.09 Å². The van der Waals surface area contributed by atoms with E-state index in [1.54, 1.807) is 23.9 Å². The van der Waals surface area contributed by atoms with Crippen molar-refractivity contribution in [1.82, 2.24) is 20.4 Å². The lowest BCUT2D eigenvalue weighted by Gasteiger charge is -2.32. The first-order chi connectivity index (χ1) is 14.4. The third-order valence-electron chi connectivity index (χ3n) is 5.17. The molecule has 0 unspecified atom stereocenters. The second-order valence-corrected chi connectivity index (χ2v) is 7.53. The molecule has 0 atom stereocenters. The van der Waals surface area contributed by atoms with Gasteiger partial charge in [-0.15, -0.1) is 0 Å². The molecular weight excluding hydrogens is 382 g/mol. The van der Waals surface area contributed by atoms with Gasteiger partial charge < -0.3 is 25.2 Å². The quantitative estimate of drug-likeness (QED) is 0.523. The number of nitrogens with zero attached hydrogens (tertiary/aromatic N) is 3. The van der Waals surface area contributed by atoms with Crippen molar-refractivity contribution < 1.29 is 14.3 Å². The van der Waals surface area contributed by atoms with E-state index in [-0.39, 0.29) is 24.6 Å². The van der Waals surface area contributed by atoms with Gasteiger partial charge in [-0.05, 0) is 37.3 Å². The molecule has 1 aromatic rings. The number of aliphatic imine (C=N–C) groups is 1. The average molecular weight is 418 g/mol. The Morgan fingerprint density at radius 1 is 1.17 bits per heavy atom. The third-order valence-corrected chi connectivity index (χ3v) is 5.17. The summed E-state index contributed by atoms with van der Waals surface area (Å²) in [5.74, 6) is 0.598. The van der Waals surface area contributed by atoms with Crippen LogP contribution in [0.5, 0.6) is 0 Å². The number of hydrogen-bond acceptors (Lipinski definition) is 4. The van der Waals surface area contributed by atoms with Gasteiger partial charge in [0.2, 0.25) is 5.91 Å². The van der Waals surface area contributed by atoms with Crippen LogP contribution in [-0.2, 0) is 22.5 Å². The van der Waals surface area contributed by atoms with Crippen LogP contribution in [0.25, 0.3) is 0 Å². The number of likely N-dealkylation sites (N-methyl/N-ethyl adjacent to an activating group) is 1. The second kappa shape index (κ2) is 12.0. The Balaban J connectivity index is 2.01. The Hall–Kier alpha value is -2.77. The normalized spacial score (nSPS) is 14.9. The average Bonchev–Trinajstić information content (AvgIpc) is 2.76. The van der Waals surface area contributed by atoms with Gasteiger partial charge in [0, 0.05) is 33.2 Å². The van der Waals surface area contributed by atoms with Crippen molar-refractivity contribution in [1.29, 1.82) is 0 Å². The molecule has 0 aromatic heterocycles. The Bertz CT molecular complexity index is 727. The number of piperidine rings is 1. The molecule has 2 N–H and O–H groups in total. The molecule has 0 spiro atoms. The van der Waals surface area contributed by atoms with Crippen LogP contribution < -0.4 is 10.6 Å². The van der Waals surface area contributed by atoms with E-state index in [1.165, 1.54) is 11.1 Å². The van der Waals surface area contributed by atoms with Crippen LogP contribution in [0.15, 0.2) is 29.3 Å². The largest absolute Gasteiger partial charge is 0.450 e. The molecule has 1 aromatic carbocycles. The molecular formula is C22H35N5O3. The minimum Gasteiger partial charge on any atom is -0.450 e. The van der Waals surface area contributed by atoms with Crippen LogP contribution in [0.1, 0.15) is 37.8 Å². The topological polar surface area (TPSA) is 86.3 Å². The molecule has 8 nitrogen and oxygen atoms in total. The van der Waals surface area contributed by atoms with Crippen LogP contribution in [-0.4, -0.2) is 74.1 Å². The number of amides is 2. The summed E-state index contributed by atoms with van der Waals surface area (Å²) in [7, 11) is 3.47. The minimum absolute atomic E-state index is 0.0180. The van der Waals surface area contributed by atoms with Crippen LogP contribution >= 0.6 is 0 Å². The van der Waals surface area contributed by atoms with Crippen molar-refractivity contribution in [3.63, 3.8) is 0 Å². The van der Waals surface area contributed by atoms with Gasteiger partial charge in [0.05, 0.1) is 19.7 Å². The van der Waals surface area contributed by atoms with Crippen LogP contribution in [0, 0.1) is 0 Å². The van der Waals surface area contributed by atoms with Gasteiger partial charge in [0.15, 0.2) is 5.96 Å². The lowest BCUT2D eigenvalue weighted by Crippen LogP contribution is -2.51. The zero-order valence-electron chi connectivity index (χ0n) is 18.6. The number of ether oxygens (including phenoxy) is 1. The maximum Gasteiger partial charge on any atom is 0.409 e. The summed E-state index contributed by atoms with van der Waals surface area (Å²) in [6, 6.07) is 8.44. The predicted octanol–water partition coefficient (Wildman–Crippen LogP) is 1.99. The standard InChI is InChI=1S/C22H35N5O3/c1-5-17-9-7-8-10-18(17)15-23-21(24-16-20(28)26(3)4)25-19-11-13-27(14-12-19)22(29)30-6-2/h7-10,19H,5-6,11-16H2,1-4H3,(H2,23,24,25). The fourth-order valence-electron chi connectivity index (χ4n) is 3.31. The first kappa shape index (κ1) is 23.5. The SMILES string of the molecule is CCOC(=O)N1CCC(NC(=NCc2ccccc2CC)NCC(=O)N(C)C)CC1. The van der Waals surface area contributed by atoms with Crippen LogP contribution in [0.4, 0.5) is 4.79 Å². The molecule has 166 valence electrons. The van der Waals surface area contributed by atoms with Crippen molar-refractivity contribution in [3.8, 4) is 0 Å². The molecule has 0 bridgehead atoms. The first-order valence-electron chi connectivity index (χ1n) is 10.7. The van der Waals surface area contributed by atoms with Gasteiger partial charge in [-0.2, -0.15) is 0 Å². The smallest absolute Gasteiger partial charge is 0.409 e. The molecule has 1 aliphatic heterocycles. The maximum absolute atomic E-state index is 12.0. The monoisotopic (exact) mass is 417 g/mol. The maximum atomic E-state index is 12.0. The first-order valence-corrected chi connectivity index (χ1v) is 10.7. The number of aryl methyl sites for hydroxylation is 1. The third kappa shape index (κ3) is 7.24. The molecule has 8 heteroatoms. The van der Waals surface area contributed by atoms with E-state index in [2.05, 4.69) is 29.7 Å². The van der Waals surface area contributed by atoms with Gasteiger partial charge in [-0.25, -0.2) is 9.79 Å². The number of carbonyl (C=O) groups is 2. The Morgan fingerprint density at radius 2 is 1.83 bits per heavy atom. The zero-order valence-corrected chi connectivity index (χ0v) is 18.6. The Kier molecular flexibility index (Phi) is 9.44. The van der Waals surface area contributed by atoms with Gasteiger partial charge in [0.1, 0.15) is 0 Å². The molecule has 0 saturated carbocycles. The highest BCUT2D eigenvalue weighted by Gasteiger charge is 2.24. The molecule has 2 rings (SSSR count). The molecule has 2 amide bonds. The molecule has 0 radical (unpaired) electrons. The van der Waals surface area contributed by atoms with E-state index < -0.39 is 0 Å². The number of likely N-dealkylation sites (tertiary alicyclic amines) is 1. The van der Waals surface area contributed by atoms with Gasteiger partial charge in [-0.1, -0.05) is 31.2 Å². The lowest BCUT2D eigenvalue weighted by molar-refractivity contribution is -0.127. The molecule has 1 fully saturated rings. The molecule has 1 saturated heterocycles. The van der Waals surface area contributed by atoms with Crippen LogP contribution in [0.2, 0.25) is 0 Å². The Labute approximate surface area is 179 Å².